The normalized spacial score (nSPS) is 20.3. The van der Waals surface area contributed by atoms with Crippen molar-refractivity contribution in [1.82, 2.24) is 4.90 Å². The molecular weight excluding hydrogens is 282 g/mol. The summed E-state index contributed by atoms with van der Waals surface area (Å²) in [5.74, 6) is 0.290. The fraction of sp³-hybridized carbons (Fsp3) is 0.500. The van der Waals surface area contributed by atoms with Gasteiger partial charge in [-0.25, -0.2) is 8.42 Å². The van der Waals surface area contributed by atoms with Gasteiger partial charge in [0.05, 0.1) is 27.3 Å². The SMILES string of the molecule is O=C(CN1CCS(=O)(=O)CC1)c1ccc(Cl)s1. The van der Waals surface area contributed by atoms with Gasteiger partial charge in [-0.1, -0.05) is 11.6 Å². The standard InChI is InChI=1S/C10H12ClNO3S2/c11-10-2-1-9(16-10)8(13)7-12-3-5-17(14,15)6-4-12/h1-2H,3-7H2. The molecule has 0 aromatic carbocycles. The average molecular weight is 294 g/mol. The van der Waals surface area contributed by atoms with E-state index in [9.17, 15) is 13.2 Å². The molecule has 0 spiro atoms. The lowest BCUT2D eigenvalue weighted by Gasteiger charge is -2.25. The van der Waals surface area contributed by atoms with E-state index in [0.717, 1.165) is 0 Å². The van der Waals surface area contributed by atoms with Crippen LogP contribution in [0.2, 0.25) is 4.34 Å². The van der Waals surface area contributed by atoms with Gasteiger partial charge in [0.25, 0.3) is 0 Å². The summed E-state index contributed by atoms with van der Waals surface area (Å²) in [6, 6.07) is 3.40. The van der Waals surface area contributed by atoms with Crippen LogP contribution in [0.5, 0.6) is 0 Å². The highest BCUT2D eigenvalue weighted by molar-refractivity contribution is 7.91. The molecule has 2 heterocycles. The minimum absolute atomic E-state index is 0.00111. The summed E-state index contributed by atoms with van der Waals surface area (Å²) < 4.78 is 23.0. The van der Waals surface area contributed by atoms with E-state index in [1.165, 1.54) is 11.3 Å². The molecule has 94 valence electrons. The van der Waals surface area contributed by atoms with Crippen LogP contribution in [0.25, 0.3) is 0 Å². The number of thiophene rings is 1. The fourth-order valence-corrected chi connectivity index (χ4v) is 3.90. The van der Waals surface area contributed by atoms with Crippen molar-refractivity contribution in [3.05, 3.63) is 21.3 Å². The Morgan fingerprint density at radius 3 is 2.53 bits per heavy atom. The molecule has 1 aromatic rings. The predicted molar refractivity (Wildman–Crippen MR) is 68.8 cm³/mol. The van der Waals surface area contributed by atoms with Gasteiger partial charge in [-0.05, 0) is 12.1 Å². The Balaban J connectivity index is 1.92. The van der Waals surface area contributed by atoms with E-state index in [4.69, 9.17) is 11.6 Å². The van der Waals surface area contributed by atoms with Crippen LogP contribution < -0.4 is 0 Å². The Morgan fingerprint density at radius 1 is 1.35 bits per heavy atom. The molecule has 0 radical (unpaired) electrons. The first-order chi connectivity index (χ1) is 7.96. The summed E-state index contributed by atoms with van der Waals surface area (Å²) in [5.41, 5.74) is 0. The van der Waals surface area contributed by atoms with Gasteiger partial charge in [0.1, 0.15) is 0 Å². The number of hydrogen-bond acceptors (Lipinski definition) is 5. The second kappa shape index (κ2) is 5.06. The maximum absolute atomic E-state index is 11.8. The third kappa shape index (κ3) is 3.51. The van der Waals surface area contributed by atoms with Gasteiger partial charge in [-0.3, -0.25) is 9.69 Å². The lowest BCUT2D eigenvalue weighted by molar-refractivity contribution is 0.0940. The molecule has 1 aliphatic heterocycles. The topological polar surface area (TPSA) is 54.5 Å². The van der Waals surface area contributed by atoms with E-state index in [-0.39, 0.29) is 23.8 Å². The summed E-state index contributed by atoms with van der Waals surface area (Å²) in [6.45, 7) is 1.15. The average Bonchev–Trinajstić information content (AvgIpc) is 2.68. The third-order valence-corrected chi connectivity index (χ3v) is 5.53. The van der Waals surface area contributed by atoms with Crippen molar-refractivity contribution in [2.24, 2.45) is 0 Å². The molecule has 1 fully saturated rings. The summed E-state index contributed by atoms with van der Waals surface area (Å²) in [6.07, 6.45) is 0. The number of hydrogen-bond donors (Lipinski definition) is 0. The number of sulfone groups is 1. The molecule has 2 rings (SSSR count). The molecule has 1 aromatic heterocycles. The Labute approximate surface area is 109 Å². The Morgan fingerprint density at radius 2 is 2.00 bits per heavy atom. The van der Waals surface area contributed by atoms with Crippen molar-refractivity contribution in [2.45, 2.75) is 0 Å². The Kier molecular flexibility index (Phi) is 3.87. The first-order valence-electron chi connectivity index (χ1n) is 5.17. The van der Waals surface area contributed by atoms with Crippen molar-refractivity contribution in [3.63, 3.8) is 0 Å². The Bertz CT molecular complexity index is 509. The van der Waals surface area contributed by atoms with Gasteiger partial charge in [0, 0.05) is 13.1 Å². The molecule has 7 heteroatoms. The maximum Gasteiger partial charge on any atom is 0.186 e. The molecule has 1 aliphatic rings. The highest BCUT2D eigenvalue weighted by atomic mass is 35.5. The van der Waals surface area contributed by atoms with E-state index in [2.05, 4.69) is 0 Å². The summed E-state index contributed by atoms with van der Waals surface area (Å²) in [5, 5.41) is 0. The van der Waals surface area contributed by atoms with Crippen LogP contribution >= 0.6 is 22.9 Å². The van der Waals surface area contributed by atoms with Gasteiger partial charge >= 0.3 is 0 Å². The lowest BCUT2D eigenvalue weighted by Crippen LogP contribution is -2.42. The van der Waals surface area contributed by atoms with Crippen LogP contribution in [0.1, 0.15) is 9.67 Å². The zero-order chi connectivity index (χ0) is 12.5. The van der Waals surface area contributed by atoms with Crippen molar-refractivity contribution in [3.8, 4) is 0 Å². The second-order valence-corrected chi connectivity index (χ2v) is 7.97. The molecule has 1 saturated heterocycles. The molecule has 0 unspecified atom stereocenters. The number of halogens is 1. The number of Topliss-reactive ketones (excluding diaryl/α,β-unsaturated/α-hetero) is 1. The highest BCUT2D eigenvalue weighted by Crippen LogP contribution is 2.22. The monoisotopic (exact) mass is 293 g/mol. The first kappa shape index (κ1) is 13.0. The van der Waals surface area contributed by atoms with Crippen LogP contribution in [0, 0.1) is 0 Å². The number of ketones is 1. The van der Waals surface area contributed by atoms with Crippen molar-refractivity contribution < 1.29 is 13.2 Å². The maximum atomic E-state index is 11.8. The summed E-state index contributed by atoms with van der Waals surface area (Å²) in [4.78, 5) is 14.3. The zero-order valence-electron chi connectivity index (χ0n) is 9.06. The smallest absolute Gasteiger partial charge is 0.186 e. The molecular formula is C10H12ClNO3S2. The van der Waals surface area contributed by atoms with Gasteiger partial charge < -0.3 is 0 Å². The van der Waals surface area contributed by atoms with E-state index >= 15 is 0 Å². The van der Waals surface area contributed by atoms with E-state index in [1.807, 2.05) is 4.90 Å². The molecule has 0 N–H and O–H groups in total. The molecule has 0 saturated carbocycles. The molecule has 0 bridgehead atoms. The third-order valence-electron chi connectivity index (χ3n) is 2.65. The summed E-state index contributed by atoms with van der Waals surface area (Å²) in [7, 11) is -2.88. The fourth-order valence-electron chi connectivity index (χ4n) is 1.65. The van der Waals surface area contributed by atoms with Crippen molar-refractivity contribution in [1.29, 1.82) is 0 Å². The van der Waals surface area contributed by atoms with Gasteiger partial charge in [0.2, 0.25) is 0 Å². The van der Waals surface area contributed by atoms with E-state index in [1.54, 1.807) is 12.1 Å². The first-order valence-corrected chi connectivity index (χ1v) is 8.19. The molecule has 0 amide bonds. The van der Waals surface area contributed by atoms with Crippen LogP contribution in [-0.4, -0.2) is 50.2 Å². The zero-order valence-corrected chi connectivity index (χ0v) is 11.4. The second-order valence-electron chi connectivity index (χ2n) is 3.95. The van der Waals surface area contributed by atoms with Crippen molar-refractivity contribution >= 4 is 38.6 Å². The van der Waals surface area contributed by atoms with Gasteiger partial charge in [0.15, 0.2) is 15.6 Å². The molecule has 0 aliphatic carbocycles. The van der Waals surface area contributed by atoms with Crippen molar-refractivity contribution in [2.75, 3.05) is 31.1 Å². The van der Waals surface area contributed by atoms with Gasteiger partial charge in [-0.2, -0.15) is 0 Å². The highest BCUT2D eigenvalue weighted by Gasteiger charge is 2.23. The van der Waals surface area contributed by atoms with Gasteiger partial charge in [-0.15, -0.1) is 11.3 Å². The molecule has 0 atom stereocenters. The Hall–Kier alpha value is -0.430. The number of carbonyl (C=O) groups is 1. The van der Waals surface area contributed by atoms with E-state index in [0.29, 0.717) is 22.3 Å². The minimum atomic E-state index is -2.88. The number of rotatable bonds is 3. The lowest BCUT2D eigenvalue weighted by atomic mass is 10.3. The minimum Gasteiger partial charge on any atom is -0.294 e. The predicted octanol–water partition coefficient (Wildman–Crippen LogP) is 1.31. The van der Waals surface area contributed by atoms with Crippen LogP contribution in [0.15, 0.2) is 12.1 Å². The van der Waals surface area contributed by atoms with Crippen LogP contribution in [0.3, 0.4) is 0 Å². The number of carbonyl (C=O) groups excluding carboxylic acids is 1. The van der Waals surface area contributed by atoms with E-state index < -0.39 is 9.84 Å². The molecule has 17 heavy (non-hydrogen) atoms. The quantitative estimate of drug-likeness (QED) is 0.789. The van der Waals surface area contributed by atoms with Crippen LogP contribution in [0.4, 0.5) is 0 Å². The van der Waals surface area contributed by atoms with Crippen LogP contribution in [-0.2, 0) is 9.84 Å². The summed E-state index contributed by atoms with van der Waals surface area (Å²) >= 11 is 7.01. The molecule has 4 nitrogen and oxygen atoms in total. The number of nitrogens with zero attached hydrogens (tertiary/aromatic N) is 1. The largest absolute Gasteiger partial charge is 0.294 e.